The van der Waals surface area contributed by atoms with Gasteiger partial charge in [0.05, 0.1) is 35.7 Å². The molecule has 160 valence electrons. The van der Waals surface area contributed by atoms with Gasteiger partial charge >= 0.3 is 0 Å². The number of thioether (sulfide) groups is 1. The molecule has 0 aromatic heterocycles. The fourth-order valence-corrected chi connectivity index (χ4v) is 4.14. The Morgan fingerprint density at radius 1 is 1.17 bits per heavy atom. The predicted molar refractivity (Wildman–Crippen MR) is 109 cm³/mol. The van der Waals surface area contributed by atoms with Crippen LogP contribution in [0.5, 0.6) is 11.5 Å². The molecule has 2 fully saturated rings. The molecule has 2 saturated heterocycles. The van der Waals surface area contributed by atoms with Gasteiger partial charge in [0.15, 0.2) is 11.5 Å². The van der Waals surface area contributed by atoms with Crippen LogP contribution < -0.4 is 9.47 Å². The average Bonchev–Trinajstić information content (AvgIpc) is 3.01. The minimum atomic E-state index is -0.653. The van der Waals surface area contributed by atoms with E-state index < -0.39 is 16.1 Å². The van der Waals surface area contributed by atoms with E-state index in [-0.39, 0.29) is 40.1 Å². The zero-order valence-corrected chi connectivity index (χ0v) is 17.4. The Hall–Kier alpha value is -3.08. The van der Waals surface area contributed by atoms with Gasteiger partial charge in [-0.3, -0.25) is 29.4 Å². The van der Waals surface area contributed by atoms with Crippen LogP contribution in [0.25, 0.3) is 6.08 Å². The van der Waals surface area contributed by atoms with Crippen LogP contribution in [0.2, 0.25) is 0 Å². The van der Waals surface area contributed by atoms with E-state index >= 15 is 0 Å². The van der Waals surface area contributed by atoms with Crippen LogP contribution in [-0.2, 0) is 9.59 Å². The molecule has 0 saturated carbocycles. The number of amides is 3. The van der Waals surface area contributed by atoms with Crippen molar-refractivity contribution in [3.63, 3.8) is 0 Å². The number of rotatable bonds is 6. The fourth-order valence-electron chi connectivity index (χ4n) is 3.31. The maximum atomic E-state index is 12.7. The third-order valence-corrected chi connectivity index (χ3v) is 5.80. The second kappa shape index (κ2) is 9.16. The minimum Gasteiger partial charge on any atom is -0.493 e. The second-order valence-electron chi connectivity index (χ2n) is 6.73. The Balaban J connectivity index is 1.86. The molecule has 0 atom stereocenters. The van der Waals surface area contributed by atoms with E-state index in [4.69, 9.17) is 9.47 Å². The van der Waals surface area contributed by atoms with Gasteiger partial charge in [-0.2, -0.15) is 0 Å². The molecule has 2 aliphatic rings. The summed E-state index contributed by atoms with van der Waals surface area (Å²) < 4.78 is 10.3. The van der Waals surface area contributed by atoms with Crippen LogP contribution in [-0.4, -0.2) is 65.6 Å². The van der Waals surface area contributed by atoms with Crippen molar-refractivity contribution in [3.05, 3.63) is 32.7 Å². The topological polar surface area (TPSA) is 119 Å². The number of nitrogens with zero attached hydrogens (tertiary/aromatic N) is 3. The van der Waals surface area contributed by atoms with Crippen molar-refractivity contribution in [2.75, 3.05) is 33.9 Å². The molecule has 1 aromatic rings. The summed E-state index contributed by atoms with van der Waals surface area (Å²) in [6.07, 6.45) is 4.11. The van der Waals surface area contributed by atoms with E-state index in [1.165, 1.54) is 32.4 Å². The van der Waals surface area contributed by atoms with Crippen LogP contribution in [0.3, 0.4) is 0 Å². The smallest absolute Gasteiger partial charge is 0.294 e. The monoisotopic (exact) mass is 435 g/mol. The largest absolute Gasteiger partial charge is 0.493 e. The van der Waals surface area contributed by atoms with Crippen molar-refractivity contribution in [2.24, 2.45) is 0 Å². The average molecular weight is 435 g/mol. The van der Waals surface area contributed by atoms with Crippen molar-refractivity contribution >= 4 is 40.6 Å². The lowest BCUT2D eigenvalue weighted by atomic mass is 10.1. The number of likely N-dealkylation sites (tertiary alicyclic amines) is 1. The number of methoxy groups -OCH3 is 2. The highest BCUT2D eigenvalue weighted by atomic mass is 32.2. The zero-order chi connectivity index (χ0) is 21.8. The molecule has 30 heavy (non-hydrogen) atoms. The zero-order valence-electron chi connectivity index (χ0n) is 16.6. The van der Waals surface area contributed by atoms with E-state index in [9.17, 15) is 24.5 Å². The number of benzene rings is 1. The Kier molecular flexibility index (Phi) is 6.60. The molecule has 0 radical (unpaired) electrons. The Morgan fingerprint density at radius 2 is 1.80 bits per heavy atom. The van der Waals surface area contributed by atoms with Crippen molar-refractivity contribution in [1.82, 2.24) is 9.80 Å². The van der Waals surface area contributed by atoms with Gasteiger partial charge in [-0.05, 0) is 43.2 Å². The highest BCUT2D eigenvalue weighted by molar-refractivity contribution is 8.18. The Labute approximate surface area is 176 Å². The summed E-state index contributed by atoms with van der Waals surface area (Å²) in [5, 5.41) is 10.9. The lowest BCUT2D eigenvalue weighted by Crippen LogP contribution is -2.44. The summed E-state index contributed by atoms with van der Waals surface area (Å²) in [5.74, 6) is -0.523. The number of imide groups is 1. The molecule has 3 rings (SSSR count). The molecule has 1 aromatic carbocycles. The number of nitro groups is 1. The van der Waals surface area contributed by atoms with Crippen LogP contribution in [0.4, 0.5) is 10.5 Å². The summed E-state index contributed by atoms with van der Waals surface area (Å²) >= 11 is 0.642. The predicted octanol–water partition coefficient (Wildman–Crippen LogP) is 2.66. The number of piperidine rings is 1. The van der Waals surface area contributed by atoms with Crippen LogP contribution in [0.1, 0.15) is 24.8 Å². The first-order valence-corrected chi connectivity index (χ1v) is 10.1. The SMILES string of the molecule is COc1cc(/C=C2\SC(=O)N(CC(=O)N3CCCCC3)C2=O)c([N+](=O)[O-])cc1OC. The molecule has 3 amide bonds. The summed E-state index contributed by atoms with van der Waals surface area (Å²) in [6.45, 7) is 0.890. The number of nitro benzene ring substituents is 1. The van der Waals surface area contributed by atoms with Crippen molar-refractivity contribution < 1.29 is 28.8 Å². The number of carbonyl (C=O) groups is 3. The molecule has 0 unspecified atom stereocenters. The van der Waals surface area contributed by atoms with Gasteiger partial charge in [0.25, 0.3) is 16.8 Å². The Morgan fingerprint density at radius 3 is 2.40 bits per heavy atom. The molecule has 0 N–H and O–H groups in total. The highest BCUT2D eigenvalue weighted by Crippen LogP contribution is 2.38. The van der Waals surface area contributed by atoms with Gasteiger partial charge in [-0.25, -0.2) is 0 Å². The fraction of sp³-hybridized carbons (Fsp3) is 0.421. The molecule has 0 spiro atoms. The third kappa shape index (κ3) is 4.40. The van der Waals surface area contributed by atoms with Crippen molar-refractivity contribution in [1.29, 1.82) is 0 Å². The van der Waals surface area contributed by atoms with E-state index in [1.807, 2.05) is 0 Å². The molecule has 2 aliphatic heterocycles. The standard InChI is InChI=1S/C19H21N3O7S/c1-28-14-8-12(13(22(26)27)10-15(14)29-2)9-16-18(24)21(19(25)30-16)11-17(23)20-6-4-3-5-7-20/h8-10H,3-7,11H2,1-2H3/b16-9-. The van der Waals surface area contributed by atoms with E-state index in [1.54, 1.807) is 4.90 Å². The van der Waals surface area contributed by atoms with Crippen molar-refractivity contribution in [2.45, 2.75) is 19.3 Å². The molecular formula is C19H21N3O7S. The molecule has 11 heteroatoms. The number of hydrogen-bond acceptors (Lipinski definition) is 8. The quantitative estimate of drug-likeness (QED) is 0.380. The first-order chi connectivity index (χ1) is 14.3. The normalized spacial score (nSPS) is 18.1. The second-order valence-corrected chi connectivity index (χ2v) is 7.73. The van der Waals surface area contributed by atoms with Gasteiger partial charge in [0.2, 0.25) is 5.91 Å². The van der Waals surface area contributed by atoms with E-state index in [2.05, 4.69) is 0 Å². The Bertz CT molecular complexity index is 925. The molecular weight excluding hydrogens is 414 g/mol. The van der Waals surface area contributed by atoms with Crippen LogP contribution in [0, 0.1) is 10.1 Å². The van der Waals surface area contributed by atoms with Gasteiger partial charge in [0, 0.05) is 13.1 Å². The van der Waals surface area contributed by atoms with Crippen LogP contribution in [0.15, 0.2) is 17.0 Å². The van der Waals surface area contributed by atoms with Gasteiger partial charge in [0.1, 0.15) is 6.54 Å². The van der Waals surface area contributed by atoms with Crippen molar-refractivity contribution in [3.8, 4) is 11.5 Å². The lowest BCUT2D eigenvalue weighted by molar-refractivity contribution is -0.385. The minimum absolute atomic E-state index is 0.00163. The summed E-state index contributed by atoms with van der Waals surface area (Å²) in [7, 11) is 2.74. The number of ether oxygens (including phenoxy) is 2. The van der Waals surface area contributed by atoms with Gasteiger partial charge in [-0.1, -0.05) is 0 Å². The summed E-state index contributed by atoms with van der Waals surface area (Å²) in [5.41, 5.74) is -0.214. The maximum absolute atomic E-state index is 12.7. The van der Waals surface area contributed by atoms with E-state index in [0.29, 0.717) is 24.9 Å². The number of carbonyl (C=O) groups excluding carboxylic acids is 3. The molecule has 2 heterocycles. The maximum Gasteiger partial charge on any atom is 0.294 e. The van der Waals surface area contributed by atoms with E-state index in [0.717, 1.165) is 24.2 Å². The van der Waals surface area contributed by atoms with Gasteiger partial charge < -0.3 is 14.4 Å². The first kappa shape index (κ1) is 21.6. The highest BCUT2D eigenvalue weighted by Gasteiger charge is 2.37. The number of hydrogen-bond donors (Lipinski definition) is 0. The summed E-state index contributed by atoms with van der Waals surface area (Å²) in [4.78, 5) is 50.8. The third-order valence-electron chi connectivity index (χ3n) is 4.89. The molecule has 10 nitrogen and oxygen atoms in total. The lowest BCUT2D eigenvalue weighted by Gasteiger charge is -2.27. The summed E-state index contributed by atoms with van der Waals surface area (Å²) in [6, 6.07) is 2.55. The molecule has 0 aliphatic carbocycles. The first-order valence-electron chi connectivity index (χ1n) is 9.29. The molecule has 0 bridgehead atoms. The van der Waals surface area contributed by atoms with Crippen LogP contribution >= 0.6 is 11.8 Å². The van der Waals surface area contributed by atoms with Gasteiger partial charge in [-0.15, -0.1) is 0 Å².